The molecule has 0 aliphatic carbocycles. The molecular formula is C20H18ClN3O4S2. The number of ether oxygens (including phenoxy) is 1. The third-order valence-corrected chi connectivity index (χ3v) is 6.13. The van der Waals surface area contributed by atoms with Crippen molar-refractivity contribution >= 4 is 75.0 Å². The molecule has 156 valence electrons. The van der Waals surface area contributed by atoms with E-state index < -0.39 is 23.7 Å². The van der Waals surface area contributed by atoms with E-state index in [1.807, 2.05) is 6.92 Å². The van der Waals surface area contributed by atoms with Crippen molar-refractivity contribution < 1.29 is 19.1 Å². The normalized spacial score (nSPS) is 16.9. The number of hydrogen-bond donors (Lipinski definition) is 1. The molecule has 0 bridgehead atoms. The van der Waals surface area contributed by atoms with E-state index in [0.717, 1.165) is 10.4 Å². The summed E-state index contributed by atoms with van der Waals surface area (Å²) in [7, 11) is 0. The molecular weight excluding hydrogens is 446 g/mol. The lowest BCUT2D eigenvalue weighted by molar-refractivity contribution is -0.130. The summed E-state index contributed by atoms with van der Waals surface area (Å²) in [6.07, 6.45) is 1.23. The van der Waals surface area contributed by atoms with E-state index in [1.165, 1.54) is 22.5 Å². The molecule has 3 rings (SSSR count). The van der Waals surface area contributed by atoms with Crippen LogP contribution >= 0.6 is 35.2 Å². The minimum Gasteiger partial charge on any atom is -0.462 e. The molecule has 0 saturated carbocycles. The van der Waals surface area contributed by atoms with Crippen LogP contribution in [0, 0.1) is 19.8 Å². The Morgan fingerprint density at radius 3 is 2.63 bits per heavy atom. The molecule has 0 unspecified atom stereocenters. The summed E-state index contributed by atoms with van der Waals surface area (Å²) in [6.45, 7) is 5.61. The van der Waals surface area contributed by atoms with E-state index in [1.54, 1.807) is 38.1 Å². The number of nitrogens with one attached hydrogen (secondary N) is 1. The maximum atomic E-state index is 13.0. The first-order chi connectivity index (χ1) is 14.2. The van der Waals surface area contributed by atoms with E-state index in [2.05, 4.69) is 10.3 Å². The monoisotopic (exact) mass is 463 g/mol. The highest BCUT2D eigenvalue weighted by molar-refractivity contribution is 7.80. The Morgan fingerprint density at radius 1 is 1.33 bits per heavy atom. The predicted octanol–water partition coefficient (Wildman–Crippen LogP) is 3.96. The van der Waals surface area contributed by atoms with Crippen LogP contribution in [-0.4, -0.2) is 35.7 Å². The van der Waals surface area contributed by atoms with Crippen molar-refractivity contribution in [2.75, 3.05) is 11.5 Å². The van der Waals surface area contributed by atoms with Gasteiger partial charge < -0.3 is 10.1 Å². The zero-order chi connectivity index (χ0) is 22.0. The molecule has 10 heteroatoms. The first-order valence-electron chi connectivity index (χ1n) is 9.00. The third-order valence-electron chi connectivity index (χ3n) is 4.47. The van der Waals surface area contributed by atoms with Gasteiger partial charge in [-0.3, -0.25) is 14.5 Å². The number of thiocarbonyl (C=S) groups is 1. The summed E-state index contributed by atoms with van der Waals surface area (Å²) in [5.74, 6) is -2.82. The number of anilines is 1. The van der Waals surface area contributed by atoms with Crippen molar-refractivity contribution in [1.82, 2.24) is 5.32 Å². The van der Waals surface area contributed by atoms with Crippen LogP contribution in [0.1, 0.15) is 27.7 Å². The van der Waals surface area contributed by atoms with Gasteiger partial charge in [-0.05, 0) is 62.8 Å². The van der Waals surface area contributed by atoms with Gasteiger partial charge in [0.25, 0.3) is 5.91 Å². The number of esters is 1. The van der Waals surface area contributed by atoms with Gasteiger partial charge in [0.2, 0.25) is 5.91 Å². The van der Waals surface area contributed by atoms with Crippen molar-refractivity contribution in [2.45, 2.75) is 20.8 Å². The summed E-state index contributed by atoms with van der Waals surface area (Å²) < 4.78 is 5.11. The highest BCUT2D eigenvalue weighted by atomic mass is 35.5. The molecule has 1 aromatic carbocycles. The zero-order valence-electron chi connectivity index (χ0n) is 16.4. The van der Waals surface area contributed by atoms with Crippen LogP contribution in [0.2, 0.25) is 5.02 Å². The molecule has 1 aliphatic heterocycles. The summed E-state index contributed by atoms with van der Waals surface area (Å²) >= 11 is 12.4. The van der Waals surface area contributed by atoms with Crippen LogP contribution in [0.4, 0.5) is 10.7 Å². The quantitative estimate of drug-likeness (QED) is 0.314. The molecule has 30 heavy (non-hydrogen) atoms. The van der Waals surface area contributed by atoms with Crippen LogP contribution in [0.3, 0.4) is 0 Å². The van der Waals surface area contributed by atoms with E-state index in [-0.39, 0.29) is 11.7 Å². The van der Waals surface area contributed by atoms with Crippen molar-refractivity contribution in [3.05, 3.63) is 45.3 Å². The molecule has 1 aliphatic rings. The second kappa shape index (κ2) is 9.03. The summed E-state index contributed by atoms with van der Waals surface area (Å²) in [6, 6.07) is 6.50. The van der Waals surface area contributed by atoms with E-state index in [4.69, 9.17) is 28.6 Å². The first-order valence-corrected chi connectivity index (χ1v) is 10.6. The molecule has 7 nitrogen and oxygen atoms in total. The van der Waals surface area contributed by atoms with Gasteiger partial charge in [0, 0.05) is 16.1 Å². The number of benzene rings is 1. The van der Waals surface area contributed by atoms with Crippen molar-refractivity contribution in [3.63, 3.8) is 0 Å². The number of nitrogens with zero attached hydrogens (tertiary/aromatic N) is 2. The number of amides is 2. The maximum absolute atomic E-state index is 13.0. The third kappa shape index (κ3) is 4.28. The number of hydrogen-bond acceptors (Lipinski definition) is 7. The number of halogens is 1. The highest BCUT2D eigenvalue weighted by Gasteiger charge is 2.38. The fraction of sp³-hybridized carbons (Fsp3) is 0.250. The minimum absolute atomic E-state index is 0.0213. The maximum Gasteiger partial charge on any atom is 0.341 e. The molecule has 2 amide bonds. The summed E-state index contributed by atoms with van der Waals surface area (Å²) in [5, 5.41) is 3.39. The Hall–Kier alpha value is -2.62. The number of aliphatic imine (C=N–C) groups is 1. The fourth-order valence-electron chi connectivity index (χ4n) is 2.84. The van der Waals surface area contributed by atoms with Crippen LogP contribution < -0.4 is 10.2 Å². The number of thiophene rings is 1. The van der Waals surface area contributed by atoms with Crippen LogP contribution in [0.25, 0.3) is 0 Å². The molecule has 2 aromatic rings. The molecule has 1 fully saturated rings. The largest absolute Gasteiger partial charge is 0.462 e. The Bertz CT molecular complexity index is 1060. The highest BCUT2D eigenvalue weighted by Crippen LogP contribution is 2.35. The molecule has 0 spiro atoms. The summed E-state index contributed by atoms with van der Waals surface area (Å²) in [4.78, 5) is 44.2. The molecule has 1 N–H and O–H groups in total. The van der Waals surface area contributed by atoms with Crippen LogP contribution in [0.5, 0.6) is 0 Å². The van der Waals surface area contributed by atoms with E-state index >= 15 is 0 Å². The van der Waals surface area contributed by atoms with Gasteiger partial charge in [-0.2, -0.15) is 0 Å². The van der Waals surface area contributed by atoms with Gasteiger partial charge in [0.05, 0.1) is 17.9 Å². The molecule has 2 heterocycles. The van der Waals surface area contributed by atoms with E-state index in [0.29, 0.717) is 21.3 Å². The topological polar surface area (TPSA) is 88.1 Å². The van der Waals surface area contributed by atoms with E-state index in [9.17, 15) is 14.4 Å². The Labute approximate surface area is 187 Å². The van der Waals surface area contributed by atoms with Crippen molar-refractivity contribution in [3.8, 4) is 0 Å². The minimum atomic E-state index is -1.20. The van der Waals surface area contributed by atoms with Crippen molar-refractivity contribution in [2.24, 2.45) is 10.9 Å². The number of carbonyl (C=O) groups excluding carboxylic acids is 3. The zero-order valence-corrected chi connectivity index (χ0v) is 18.8. The summed E-state index contributed by atoms with van der Waals surface area (Å²) in [5.41, 5.74) is 1.57. The molecule has 1 atom stereocenters. The Balaban J connectivity index is 1.93. The van der Waals surface area contributed by atoms with Gasteiger partial charge in [0.15, 0.2) is 11.0 Å². The lowest BCUT2D eigenvalue weighted by Gasteiger charge is -2.30. The van der Waals surface area contributed by atoms with Gasteiger partial charge >= 0.3 is 5.97 Å². The molecule has 1 aromatic heterocycles. The second-order valence-electron chi connectivity index (χ2n) is 6.38. The average molecular weight is 464 g/mol. The lowest BCUT2D eigenvalue weighted by Crippen LogP contribution is -2.58. The number of aryl methyl sites for hydroxylation is 1. The predicted molar refractivity (Wildman–Crippen MR) is 121 cm³/mol. The van der Waals surface area contributed by atoms with Gasteiger partial charge in [0.1, 0.15) is 5.00 Å². The first kappa shape index (κ1) is 22.1. The van der Waals surface area contributed by atoms with Crippen LogP contribution in [0.15, 0.2) is 29.3 Å². The smallest absolute Gasteiger partial charge is 0.341 e. The van der Waals surface area contributed by atoms with Gasteiger partial charge in [-0.15, -0.1) is 11.3 Å². The number of rotatable bonds is 5. The average Bonchev–Trinajstić information content (AvgIpc) is 2.97. The van der Waals surface area contributed by atoms with Crippen molar-refractivity contribution in [1.29, 1.82) is 0 Å². The molecule has 1 saturated heterocycles. The second-order valence-corrected chi connectivity index (χ2v) is 8.41. The Kier molecular flexibility index (Phi) is 6.64. The van der Waals surface area contributed by atoms with Crippen LogP contribution in [-0.2, 0) is 14.3 Å². The number of carbonyl (C=O) groups is 3. The lowest BCUT2D eigenvalue weighted by atomic mass is 10.1. The molecule has 0 radical (unpaired) electrons. The standard InChI is InChI=1S/C20H18ClN3O4S2/c1-4-28-19(27)15-10(2)11(3)30-17(15)22-9-14-16(25)23-20(29)24(18(14)26)13-7-5-12(21)6-8-13/h5-9,14H,4H2,1-3H3,(H,23,25,29)/t14-/m1/s1. The SMILES string of the molecule is CCOC(=O)c1c(N=C[C@@H]2C(=O)NC(=S)N(c3ccc(Cl)cc3)C2=O)sc(C)c1C. The fourth-order valence-corrected chi connectivity index (χ4v) is 4.26. The van der Waals surface area contributed by atoms with Gasteiger partial charge in [-0.25, -0.2) is 9.79 Å². The Morgan fingerprint density at radius 2 is 2.00 bits per heavy atom. The van der Waals surface area contributed by atoms with Gasteiger partial charge in [-0.1, -0.05) is 11.6 Å².